The molecule has 1 aromatic carbocycles. The maximum Gasteiger partial charge on any atom is 0.449 e. The van der Waals surface area contributed by atoms with E-state index < -0.39 is 54.5 Å². The molecule has 1 fully saturated rings. The summed E-state index contributed by atoms with van der Waals surface area (Å²) in [6.07, 6.45) is -6.69. The number of carbonyl (C=O) groups is 3. The lowest BCUT2D eigenvalue weighted by Gasteiger charge is -2.50. The first-order valence-corrected chi connectivity index (χ1v) is 11.5. The van der Waals surface area contributed by atoms with Crippen molar-refractivity contribution in [2.45, 2.75) is 57.7 Å². The van der Waals surface area contributed by atoms with Gasteiger partial charge in [-0.15, -0.1) is 0 Å². The zero-order valence-electron chi connectivity index (χ0n) is 20.4. The number of halogens is 5. The third kappa shape index (κ3) is 6.23. The number of rotatable bonds is 9. The Morgan fingerprint density at radius 2 is 1.73 bits per heavy atom. The van der Waals surface area contributed by atoms with E-state index >= 15 is 0 Å². The van der Waals surface area contributed by atoms with E-state index in [9.17, 15) is 36.3 Å². The van der Waals surface area contributed by atoms with Crippen LogP contribution in [0.3, 0.4) is 0 Å². The number of anilines is 1. The molecule has 0 unspecified atom stereocenters. The van der Waals surface area contributed by atoms with Crippen LogP contribution in [0, 0.1) is 6.92 Å². The van der Waals surface area contributed by atoms with Crippen molar-refractivity contribution >= 4 is 23.3 Å². The number of hydrogen-bond donors (Lipinski definition) is 1. The van der Waals surface area contributed by atoms with Gasteiger partial charge in [-0.05, 0) is 36.1 Å². The molecule has 3 rings (SSSR count). The maximum atomic E-state index is 13.7. The molecule has 0 aliphatic carbocycles. The second-order valence-electron chi connectivity index (χ2n) is 9.13. The topological polar surface area (TPSA) is 88.6 Å². The average Bonchev–Trinajstić information content (AvgIpc) is 2.77. The predicted molar refractivity (Wildman–Crippen MR) is 123 cm³/mol. The number of aromatic nitrogens is 1. The normalized spacial score (nSPS) is 14.9. The molecule has 200 valence electrons. The van der Waals surface area contributed by atoms with E-state index in [0.717, 1.165) is 5.56 Å². The highest BCUT2D eigenvalue weighted by molar-refractivity contribution is 6.03. The number of nitrogens with one attached hydrogen (secondary N) is 1. The number of nitrogens with zero attached hydrogens (tertiary/aromatic N) is 2. The first-order chi connectivity index (χ1) is 17.2. The van der Waals surface area contributed by atoms with Crippen LogP contribution >= 0.6 is 0 Å². The van der Waals surface area contributed by atoms with Gasteiger partial charge in [0.2, 0.25) is 23.5 Å². The summed E-state index contributed by atoms with van der Waals surface area (Å²) in [6, 6.07) is 9.89. The van der Waals surface area contributed by atoms with Gasteiger partial charge < -0.3 is 15.0 Å². The summed E-state index contributed by atoms with van der Waals surface area (Å²) in [7, 11) is 0. The molecule has 1 aliphatic rings. The Bertz CT molecular complexity index is 1180. The fourth-order valence-electron chi connectivity index (χ4n) is 4.22. The van der Waals surface area contributed by atoms with Crippen molar-refractivity contribution in [3.63, 3.8) is 0 Å². The van der Waals surface area contributed by atoms with E-state index in [0.29, 0.717) is 11.3 Å². The van der Waals surface area contributed by atoms with Crippen LogP contribution in [0.2, 0.25) is 0 Å². The van der Waals surface area contributed by atoms with E-state index in [1.165, 1.54) is 17.0 Å². The third-order valence-electron chi connectivity index (χ3n) is 6.14. The highest BCUT2D eigenvalue weighted by Gasteiger charge is 2.53. The highest BCUT2D eigenvalue weighted by atomic mass is 19.4. The van der Waals surface area contributed by atoms with Crippen molar-refractivity contribution in [1.29, 1.82) is 0 Å². The Morgan fingerprint density at radius 3 is 2.32 bits per heavy atom. The molecule has 0 spiro atoms. The van der Waals surface area contributed by atoms with Crippen molar-refractivity contribution in [2.75, 3.05) is 18.4 Å². The highest BCUT2D eigenvalue weighted by Crippen LogP contribution is 2.41. The lowest BCUT2D eigenvalue weighted by atomic mass is 9.69. The number of carbonyl (C=O) groups excluding carboxylic acids is 3. The Kier molecular flexibility index (Phi) is 8.19. The number of pyridine rings is 1. The largest absolute Gasteiger partial charge is 0.449 e. The molecule has 2 aromatic rings. The lowest BCUT2D eigenvalue weighted by Crippen LogP contribution is -2.66. The second kappa shape index (κ2) is 10.8. The molecule has 2 amide bonds. The van der Waals surface area contributed by atoms with Gasteiger partial charge in [0, 0.05) is 31.6 Å². The summed E-state index contributed by atoms with van der Waals surface area (Å²) in [5.74, 6) is -3.83. The van der Waals surface area contributed by atoms with Crippen molar-refractivity contribution in [2.24, 2.45) is 0 Å². The van der Waals surface area contributed by atoms with E-state index in [2.05, 4.69) is 15.0 Å². The number of alkyl halides is 5. The standard InChI is InChI=1S/C25H26F5N3O4/c1-14(2)16-6-4-5-7-17(16)24(12-33(13-24)20(35)11-10-19(34)25(28,29)30)22(36)32-18-9-8-15(3)31-21(18)37-23(26)27/h4-9,14,23H,10-13H2,1-3H3,(H,32,36). The van der Waals surface area contributed by atoms with Gasteiger partial charge in [-0.2, -0.15) is 22.0 Å². The SMILES string of the molecule is Cc1ccc(NC(=O)C2(c3ccccc3C(C)C)CN(C(=O)CCC(=O)C(F)(F)F)C2)c(OC(F)F)n1. The van der Waals surface area contributed by atoms with Crippen LogP contribution in [0.5, 0.6) is 5.88 Å². The van der Waals surface area contributed by atoms with E-state index in [-0.39, 0.29) is 24.7 Å². The minimum Gasteiger partial charge on any atom is -0.415 e. The van der Waals surface area contributed by atoms with Crippen LogP contribution in [0.15, 0.2) is 36.4 Å². The summed E-state index contributed by atoms with van der Waals surface area (Å²) in [4.78, 5) is 42.5. The molecular formula is C25H26F5N3O4. The number of amides is 2. The van der Waals surface area contributed by atoms with Crippen LogP contribution in [0.1, 0.15) is 49.4 Å². The average molecular weight is 527 g/mol. The Hall–Kier alpha value is -3.57. The summed E-state index contributed by atoms with van der Waals surface area (Å²) in [6.45, 7) is 1.85. The van der Waals surface area contributed by atoms with Crippen LogP contribution in [0.4, 0.5) is 27.6 Å². The molecular weight excluding hydrogens is 501 g/mol. The monoisotopic (exact) mass is 527 g/mol. The number of likely N-dealkylation sites (tertiary alicyclic amines) is 1. The molecule has 0 radical (unpaired) electrons. The molecule has 7 nitrogen and oxygen atoms in total. The molecule has 37 heavy (non-hydrogen) atoms. The molecule has 1 saturated heterocycles. The van der Waals surface area contributed by atoms with Gasteiger partial charge in [0.1, 0.15) is 11.1 Å². The van der Waals surface area contributed by atoms with Gasteiger partial charge in [-0.3, -0.25) is 14.4 Å². The molecule has 0 bridgehead atoms. The number of ketones is 1. The first kappa shape index (κ1) is 28.0. The quantitative estimate of drug-likeness (QED) is 0.476. The Morgan fingerprint density at radius 1 is 1.08 bits per heavy atom. The summed E-state index contributed by atoms with van der Waals surface area (Å²) < 4.78 is 67.9. The van der Waals surface area contributed by atoms with Gasteiger partial charge in [-0.1, -0.05) is 38.1 Å². The predicted octanol–water partition coefficient (Wildman–Crippen LogP) is 4.75. The maximum absolute atomic E-state index is 13.7. The fraction of sp³-hybridized carbons (Fsp3) is 0.440. The number of hydrogen-bond acceptors (Lipinski definition) is 5. The Labute approximate surface area is 210 Å². The van der Waals surface area contributed by atoms with Crippen LogP contribution in [-0.2, 0) is 19.8 Å². The van der Waals surface area contributed by atoms with Crippen LogP contribution in [-0.4, -0.2) is 53.4 Å². The lowest BCUT2D eigenvalue weighted by molar-refractivity contribution is -0.171. The number of aryl methyl sites for hydroxylation is 1. The first-order valence-electron chi connectivity index (χ1n) is 11.5. The number of ether oxygens (including phenoxy) is 1. The van der Waals surface area contributed by atoms with Crippen molar-refractivity contribution < 1.29 is 41.1 Å². The van der Waals surface area contributed by atoms with Crippen LogP contribution < -0.4 is 10.1 Å². The van der Waals surface area contributed by atoms with Gasteiger partial charge in [0.05, 0.1) is 0 Å². The zero-order chi connectivity index (χ0) is 27.5. The molecule has 1 aromatic heterocycles. The minimum atomic E-state index is -5.03. The molecule has 0 saturated carbocycles. The second-order valence-corrected chi connectivity index (χ2v) is 9.13. The van der Waals surface area contributed by atoms with E-state index in [1.54, 1.807) is 25.1 Å². The van der Waals surface area contributed by atoms with Gasteiger partial charge in [-0.25, -0.2) is 4.98 Å². The number of Topliss-reactive ketones (excluding diaryl/α,β-unsaturated/α-hetero) is 1. The molecule has 1 N–H and O–H groups in total. The van der Waals surface area contributed by atoms with Gasteiger partial charge in [0.15, 0.2) is 0 Å². The smallest absolute Gasteiger partial charge is 0.415 e. The van der Waals surface area contributed by atoms with Crippen molar-refractivity contribution in [3.8, 4) is 5.88 Å². The third-order valence-corrected chi connectivity index (χ3v) is 6.14. The van der Waals surface area contributed by atoms with Crippen LogP contribution in [0.25, 0.3) is 0 Å². The van der Waals surface area contributed by atoms with Crippen molar-refractivity contribution in [1.82, 2.24) is 9.88 Å². The van der Waals surface area contributed by atoms with E-state index in [1.807, 2.05) is 19.9 Å². The van der Waals surface area contributed by atoms with Gasteiger partial charge in [0.25, 0.3) is 0 Å². The Balaban J connectivity index is 1.90. The zero-order valence-corrected chi connectivity index (χ0v) is 20.4. The molecule has 12 heteroatoms. The summed E-state index contributed by atoms with van der Waals surface area (Å²) in [5.41, 5.74) is 0.356. The van der Waals surface area contributed by atoms with Crippen molar-refractivity contribution in [3.05, 3.63) is 53.2 Å². The molecule has 2 heterocycles. The summed E-state index contributed by atoms with van der Waals surface area (Å²) in [5, 5.41) is 2.58. The fourth-order valence-corrected chi connectivity index (χ4v) is 4.22. The minimum absolute atomic E-state index is 0.0196. The van der Waals surface area contributed by atoms with Gasteiger partial charge >= 0.3 is 12.8 Å². The number of benzene rings is 1. The molecule has 0 atom stereocenters. The molecule has 1 aliphatic heterocycles. The van der Waals surface area contributed by atoms with E-state index in [4.69, 9.17) is 0 Å². The summed E-state index contributed by atoms with van der Waals surface area (Å²) >= 11 is 0.